The molecule has 6 heteroatoms. The Kier molecular flexibility index (Phi) is 5.98. The summed E-state index contributed by atoms with van der Waals surface area (Å²) in [5.41, 5.74) is 3.46. The maximum absolute atomic E-state index is 12.4. The van der Waals surface area contributed by atoms with Crippen LogP contribution in [0.2, 0.25) is 0 Å². The van der Waals surface area contributed by atoms with Crippen LogP contribution in [0.1, 0.15) is 48.1 Å². The standard InChI is InChI=1S/C21H24N4O2/c1-3-11-25-14-23-24-20(25)13-22-21(27)17-9-7-16(8-10-17)19-6-4-5-18(12-19)15(2)26/h4-10,12,14-15,26H,3,11,13H2,1-2H3,(H,22,27)/t15-/m1/s1. The van der Waals surface area contributed by atoms with Crippen LogP contribution in [-0.4, -0.2) is 25.8 Å². The summed E-state index contributed by atoms with van der Waals surface area (Å²) in [6, 6.07) is 15.2. The van der Waals surface area contributed by atoms with Crippen LogP contribution in [0.5, 0.6) is 0 Å². The SMILES string of the molecule is CCCn1cnnc1CNC(=O)c1ccc(-c2cccc([C@@H](C)O)c2)cc1. The Balaban J connectivity index is 1.67. The van der Waals surface area contributed by atoms with E-state index in [1.54, 1.807) is 25.4 Å². The molecule has 1 atom stereocenters. The zero-order valence-corrected chi connectivity index (χ0v) is 15.6. The molecule has 0 saturated heterocycles. The number of nitrogens with one attached hydrogen (secondary N) is 1. The average molecular weight is 364 g/mol. The van der Waals surface area contributed by atoms with Crippen molar-refractivity contribution >= 4 is 5.91 Å². The molecule has 0 bridgehead atoms. The fraction of sp³-hybridized carbons (Fsp3) is 0.286. The Labute approximate surface area is 158 Å². The zero-order valence-electron chi connectivity index (χ0n) is 15.6. The van der Waals surface area contributed by atoms with Gasteiger partial charge in [0.25, 0.3) is 5.91 Å². The smallest absolute Gasteiger partial charge is 0.251 e. The highest BCUT2D eigenvalue weighted by Gasteiger charge is 2.09. The molecule has 0 aliphatic carbocycles. The van der Waals surface area contributed by atoms with Crippen molar-refractivity contribution in [3.63, 3.8) is 0 Å². The van der Waals surface area contributed by atoms with Crippen molar-refractivity contribution < 1.29 is 9.90 Å². The highest BCUT2D eigenvalue weighted by atomic mass is 16.3. The van der Waals surface area contributed by atoms with Gasteiger partial charge in [-0.3, -0.25) is 4.79 Å². The second kappa shape index (κ2) is 8.60. The summed E-state index contributed by atoms with van der Waals surface area (Å²) in [6.45, 7) is 5.00. The molecular weight excluding hydrogens is 340 g/mol. The van der Waals surface area contributed by atoms with Crippen molar-refractivity contribution in [1.82, 2.24) is 20.1 Å². The minimum atomic E-state index is -0.509. The molecule has 1 heterocycles. The van der Waals surface area contributed by atoms with E-state index < -0.39 is 6.10 Å². The number of benzene rings is 2. The van der Waals surface area contributed by atoms with Gasteiger partial charge >= 0.3 is 0 Å². The fourth-order valence-corrected chi connectivity index (χ4v) is 2.90. The van der Waals surface area contributed by atoms with Gasteiger partial charge in [0.05, 0.1) is 12.6 Å². The van der Waals surface area contributed by atoms with Crippen LogP contribution in [0, 0.1) is 0 Å². The van der Waals surface area contributed by atoms with Gasteiger partial charge in [0.1, 0.15) is 6.33 Å². The molecule has 0 saturated carbocycles. The average Bonchev–Trinajstić information content (AvgIpc) is 3.14. The predicted octanol–water partition coefficient (Wildman–Crippen LogP) is 3.34. The molecule has 0 radical (unpaired) electrons. The van der Waals surface area contributed by atoms with Gasteiger partial charge in [0.2, 0.25) is 0 Å². The van der Waals surface area contributed by atoms with Gasteiger partial charge < -0.3 is 15.0 Å². The number of hydrogen-bond acceptors (Lipinski definition) is 4. The first-order chi connectivity index (χ1) is 13.1. The molecule has 27 heavy (non-hydrogen) atoms. The lowest BCUT2D eigenvalue weighted by atomic mass is 10.00. The van der Waals surface area contributed by atoms with Gasteiger partial charge in [-0.2, -0.15) is 0 Å². The maximum atomic E-state index is 12.4. The first-order valence-electron chi connectivity index (χ1n) is 9.12. The number of amides is 1. The van der Waals surface area contributed by atoms with E-state index in [0.29, 0.717) is 12.1 Å². The molecule has 0 spiro atoms. The minimum absolute atomic E-state index is 0.148. The van der Waals surface area contributed by atoms with Crippen LogP contribution in [0.3, 0.4) is 0 Å². The van der Waals surface area contributed by atoms with E-state index in [9.17, 15) is 9.90 Å². The Morgan fingerprint density at radius 2 is 1.96 bits per heavy atom. The molecule has 3 aromatic rings. The lowest BCUT2D eigenvalue weighted by Crippen LogP contribution is -2.24. The second-order valence-electron chi connectivity index (χ2n) is 6.50. The number of hydrogen-bond donors (Lipinski definition) is 2. The normalized spacial score (nSPS) is 12.0. The highest BCUT2D eigenvalue weighted by molar-refractivity contribution is 5.94. The number of nitrogens with zero attached hydrogens (tertiary/aromatic N) is 3. The molecule has 140 valence electrons. The molecule has 2 aromatic carbocycles. The molecule has 2 N–H and O–H groups in total. The third kappa shape index (κ3) is 4.60. The zero-order chi connectivity index (χ0) is 19.2. The lowest BCUT2D eigenvalue weighted by Gasteiger charge is -2.09. The lowest BCUT2D eigenvalue weighted by molar-refractivity contribution is 0.0949. The molecule has 0 aliphatic rings. The van der Waals surface area contributed by atoms with Crippen LogP contribution in [0.15, 0.2) is 54.9 Å². The summed E-state index contributed by atoms with van der Waals surface area (Å²) in [7, 11) is 0. The number of rotatable bonds is 7. The first kappa shape index (κ1) is 18.8. The van der Waals surface area contributed by atoms with E-state index in [0.717, 1.165) is 35.5 Å². The van der Waals surface area contributed by atoms with Gasteiger partial charge in [-0.1, -0.05) is 37.3 Å². The summed E-state index contributed by atoms with van der Waals surface area (Å²) in [5, 5.41) is 20.6. The number of aliphatic hydroxyl groups is 1. The van der Waals surface area contributed by atoms with Gasteiger partial charge in [0, 0.05) is 12.1 Å². The summed E-state index contributed by atoms with van der Waals surface area (Å²) >= 11 is 0. The number of aromatic nitrogens is 3. The molecule has 0 aliphatic heterocycles. The minimum Gasteiger partial charge on any atom is -0.389 e. The Hall–Kier alpha value is -2.99. The number of aryl methyl sites for hydroxylation is 1. The number of carbonyl (C=O) groups excluding carboxylic acids is 1. The summed E-state index contributed by atoms with van der Waals surface area (Å²) < 4.78 is 1.94. The monoisotopic (exact) mass is 364 g/mol. The molecule has 1 amide bonds. The van der Waals surface area contributed by atoms with Crippen LogP contribution in [-0.2, 0) is 13.1 Å². The van der Waals surface area contributed by atoms with Crippen molar-refractivity contribution in [3.05, 3.63) is 71.8 Å². The highest BCUT2D eigenvalue weighted by Crippen LogP contribution is 2.23. The fourth-order valence-electron chi connectivity index (χ4n) is 2.90. The van der Waals surface area contributed by atoms with Crippen molar-refractivity contribution in [2.24, 2.45) is 0 Å². The molecule has 3 rings (SSSR count). The Morgan fingerprint density at radius 1 is 1.19 bits per heavy atom. The van der Waals surface area contributed by atoms with Crippen LogP contribution in [0.4, 0.5) is 0 Å². The quantitative estimate of drug-likeness (QED) is 0.674. The number of carbonyl (C=O) groups is 1. The van der Waals surface area contributed by atoms with Crippen molar-refractivity contribution in [1.29, 1.82) is 0 Å². The Morgan fingerprint density at radius 3 is 2.67 bits per heavy atom. The molecule has 0 fully saturated rings. The second-order valence-corrected chi connectivity index (χ2v) is 6.50. The Bertz CT molecular complexity index is 901. The molecule has 0 unspecified atom stereocenters. The van der Waals surface area contributed by atoms with Crippen molar-refractivity contribution in [2.75, 3.05) is 0 Å². The summed E-state index contributed by atoms with van der Waals surface area (Å²) in [4.78, 5) is 12.4. The summed E-state index contributed by atoms with van der Waals surface area (Å²) in [5.74, 6) is 0.599. The van der Waals surface area contributed by atoms with Gasteiger partial charge in [-0.15, -0.1) is 10.2 Å². The van der Waals surface area contributed by atoms with Crippen LogP contribution >= 0.6 is 0 Å². The summed E-state index contributed by atoms with van der Waals surface area (Å²) in [6.07, 6.45) is 2.16. The predicted molar refractivity (Wildman–Crippen MR) is 104 cm³/mol. The molecule has 6 nitrogen and oxygen atoms in total. The molecule has 1 aromatic heterocycles. The van der Waals surface area contributed by atoms with E-state index in [4.69, 9.17) is 0 Å². The van der Waals surface area contributed by atoms with Gasteiger partial charge in [-0.25, -0.2) is 0 Å². The van der Waals surface area contributed by atoms with Gasteiger partial charge in [-0.05, 0) is 48.2 Å². The third-order valence-electron chi connectivity index (χ3n) is 4.42. The number of aliphatic hydroxyl groups excluding tert-OH is 1. The van der Waals surface area contributed by atoms with Crippen molar-refractivity contribution in [2.45, 2.75) is 39.5 Å². The van der Waals surface area contributed by atoms with Crippen LogP contribution in [0.25, 0.3) is 11.1 Å². The van der Waals surface area contributed by atoms with Crippen LogP contribution < -0.4 is 5.32 Å². The van der Waals surface area contributed by atoms with E-state index in [1.807, 2.05) is 41.0 Å². The van der Waals surface area contributed by atoms with Gasteiger partial charge in [0.15, 0.2) is 5.82 Å². The molecular formula is C21H24N4O2. The topological polar surface area (TPSA) is 80.0 Å². The largest absolute Gasteiger partial charge is 0.389 e. The third-order valence-corrected chi connectivity index (χ3v) is 4.42. The van der Waals surface area contributed by atoms with Crippen molar-refractivity contribution in [3.8, 4) is 11.1 Å². The van der Waals surface area contributed by atoms with E-state index >= 15 is 0 Å². The maximum Gasteiger partial charge on any atom is 0.251 e. The van der Waals surface area contributed by atoms with E-state index in [-0.39, 0.29) is 5.91 Å². The van der Waals surface area contributed by atoms with E-state index in [1.165, 1.54) is 0 Å². The van der Waals surface area contributed by atoms with E-state index in [2.05, 4.69) is 22.4 Å². The first-order valence-corrected chi connectivity index (χ1v) is 9.12.